The van der Waals surface area contributed by atoms with Crippen LogP contribution in [0.3, 0.4) is 0 Å². The van der Waals surface area contributed by atoms with Crippen LogP contribution in [-0.4, -0.2) is 18.4 Å². The monoisotopic (exact) mass is 514 g/mol. The predicted molar refractivity (Wildman–Crippen MR) is 124 cm³/mol. The zero-order valence-corrected chi connectivity index (χ0v) is 20.6. The number of nitrogens with zero attached hydrogens (tertiary/aromatic N) is 1. The molecule has 10 heteroatoms. The van der Waals surface area contributed by atoms with E-state index in [1.165, 1.54) is 4.90 Å². The van der Waals surface area contributed by atoms with Gasteiger partial charge >= 0.3 is 12.4 Å². The third-order valence-corrected chi connectivity index (χ3v) is 6.69. The van der Waals surface area contributed by atoms with Crippen molar-refractivity contribution in [3.63, 3.8) is 0 Å². The lowest BCUT2D eigenvalue weighted by Gasteiger charge is -2.32. The Hall–Kier alpha value is -3.04. The van der Waals surface area contributed by atoms with Crippen molar-refractivity contribution in [3.8, 4) is 0 Å². The molecule has 0 spiro atoms. The molecule has 0 aromatic heterocycles. The average molecular weight is 515 g/mol. The van der Waals surface area contributed by atoms with E-state index in [1.54, 1.807) is 6.92 Å². The van der Waals surface area contributed by atoms with Gasteiger partial charge in [0.05, 0.1) is 22.5 Å². The van der Waals surface area contributed by atoms with Crippen LogP contribution in [0.1, 0.15) is 49.4 Å². The maximum atomic E-state index is 13.6. The quantitative estimate of drug-likeness (QED) is 0.437. The van der Waals surface area contributed by atoms with E-state index < -0.39 is 46.4 Å². The van der Waals surface area contributed by atoms with Crippen molar-refractivity contribution in [1.82, 2.24) is 0 Å². The van der Waals surface area contributed by atoms with Gasteiger partial charge in [-0.3, -0.25) is 9.59 Å². The molecule has 4 nitrogen and oxygen atoms in total. The van der Waals surface area contributed by atoms with Gasteiger partial charge in [-0.1, -0.05) is 39.0 Å². The number of aryl methyl sites for hydroxylation is 2. The van der Waals surface area contributed by atoms with E-state index in [1.807, 2.05) is 45.9 Å². The molecule has 2 atom stereocenters. The fourth-order valence-electron chi connectivity index (χ4n) is 5.00. The van der Waals surface area contributed by atoms with Gasteiger partial charge < -0.3 is 10.2 Å². The molecule has 2 aromatic carbocycles. The number of carbonyl (C=O) groups excluding carboxylic acids is 2. The van der Waals surface area contributed by atoms with Gasteiger partial charge in [0.2, 0.25) is 11.8 Å². The third-order valence-electron chi connectivity index (χ3n) is 6.69. The van der Waals surface area contributed by atoms with Crippen LogP contribution in [0.2, 0.25) is 0 Å². The Balaban J connectivity index is 2.07. The summed E-state index contributed by atoms with van der Waals surface area (Å²) < 4.78 is 79.9. The Morgan fingerprint density at radius 1 is 1.03 bits per heavy atom. The van der Waals surface area contributed by atoms with Gasteiger partial charge in [-0.05, 0) is 55.5 Å². The zero-order chi connectivity index (χ0) is 27.2. The molecule has 0 saturated carbocycles. The Labute approximate surface area is 205 Å². The molecule has 196 valence electrons. The summed E-state index contributed by atoms with van der Waals surface area (Å²) >= 11 is 0. The largest absolute Gasteiger partial charge is 0.416 e. The van der Waals surface area contributed by atoms with Gasteiger partial charge in [-0.25, -0.2) is 0 Å². The van der Waals surface area contributed by atoms with E-state index in [0.29, 0.717) is 17.8 Å². The van der Waals surface area contributed by atoms with Crippen molar-refractivity contribution in [2.24, 2.45) is 17.3 Å². The van der Waals surface area contributed by atoms with E-state index >= 15 is 0 Å². The van der Waals surface area contributed by atoms with E-state index in [4.69, 9.17) is 0 Å². The lowest BCUT2D eigenvalue weighted by Crippen LogP contribution is -2.43. The average Bonchev–Trinajstić information content (AvgIpc) is 2.98. The molecule has 1 saturated heterocycles. The van der Waals surface area contributed by atoms with Gasteiger partial charge in [0.15, 0.2) is 0 Å². The summed E-state index contributed by atoms with van der Waals surface area (Å²) in [5, 5.41) is 2.29. The first-order valence-corrected chi connectivity index (χ1v) is 11.5. The smallest absolute Gasteiger partial charge is 0.326 e. The summed E-state index contributed by atoms with van der Waals surface area (Å²) in [7, 11) is 0. The highest BCUT2D eigenvalue weighted by Crippen LogP contribution is 2.46. The second-order valence-electron chi connectivity index (χ2n) is 9.89. The number of alkyl halides is 6. The number of rotatable bonds is 5. The molecule has 0 bridgehead atoms. The minimum Gasteiger partial charge on any atom is -0.326 e. The SMILES string of the molecule is Cc1cccc(C)c1N1CC(CC(C)C)(C(=O)Nc2cc(C(F)(F)F)cc(C(F)(F)F)c2)C(C)C1=O. The van der Waals surface area contributed by atoms with E-state index in [-0.39, 0.29) is 30.9 Å². The van der Waals surface area contributed by atoms with Crippen LogP contribution < -0.4 is 10.2 Å². The summed E-state index contributed by atoms with van der Waals surface area (Å²) in [6, 6.07) is 6.43. The molecular formula is C26H28F6N2O2. The lowest BCUT2D eigenvalue weighted by atomic mass is 9.72. The van der Waals surface area contributed by atoms with Crippen LogP contribution in [-0.2, 0) is 21.9 Å². The standard InChI is InChI=1S/C26H28F6N2O2/c1-14(2)12-24(13-34(22(35)17(24)5)21-15(3)7-6-8-16(21)4)23(36)33-20-10-18(25(27,28)29)9-19(11-20)26(30,31)32/h6-11,14,17H,12-13H2,1-5H3,(H,33,36). The number of hydrogen-bond donors (Lipinski definition) is 1. The summed E-state index contributed by atoms with van der Waals surface area (Å²) in [5.74, 6) is -2.07. The first-order valence-electron chi connectivity index (χ1n) is 11.5. The van der Waals surface area contributed by atoms with Crippen molar-refractivity contribution in [1.29, 1.82) is 0 Å². The van der Waals surface area contributed by atoms with E-state index in [9.17, 15) is 35.9 Å². The maximum Gasteiger partial charge on any atom is 0.416 e. The maximum absolute atomic E-state index is 13.6. The minimum atomic E-state index is -5.05. The Kier molecular flexibility index (Phi) is 7.22. The molecule has 2 amide bonds. The molecule has 1 aliphatic heterocycles. The number of anilines is 2. The lowest BCUT2D eigenvalue weighted by molar-refractivity contribution is -0.143. The number of halogens is 6. The van der Waals surface area contributed by atoms with E-state index in [0.717, 1.165) is 11.1 Å². The second kappa shape index (κ2) is 9.44. The number of benzene rings is 2. The van der Waals surface area contributed by atoms with Crippen molar-refractivity contribution >= 4 is 23.2 Å². The summed E-state index contributed by atoms with van der Waals surface area (Å²) in [6.45, 7) is 8.84. The van der Waals surface area contributed by atoms with Crippen molar-refractivity contribution < 1.29 is 35.9 Å². The fraction of sp³-hybridized carbons (Fsp3) is 0.462. The fourth-order valence-corrected chi connectivity index (χ4v) is 5.00. The first-order chi connectivity index (χ1) is 16.5. The van der Waals surface area contributed by atoms with Crippen molar-refractivity contribution in [3.05, 3.63) is 58.7 Å². The number of hydrogen-bond acceptors (Lipinski definition) is 2. The molecular weight excluding hydrogens is 486 g/mol. The molecule has 2 unspecified atom stereocenters. The van der Waals surface area contributed by atoms with Gasteiger partial charge in [0.25, 0.3) is 0 Å². The summed E-state index contributed by atoms with van der Waals surface area (Å²) in [6.07, 6.45) is -9.89. The van der Waals surface area contributed by atoms with Crippen molar-refractivity contribution in [2.75, 3.05) is 16.8 Å². The normalized spacial score (nSPS) is 20.8. The molecule has 3 rings (SSSR count). The second-order valence-corrected chi connectivity index (χ2v) is 9.89. The molecule has 36 heavy (non-hydrogen) atoms. The van der Waals surface area contributed by atoms with Crippen LogP contribution in [0.4, 0.5) is 37.7 Å². The number of para-hydroxylation sites is 1. The molecule has 2 aromatic rings. The Morgan fingerprint density at radius 3 is 1.97 bits per heavy atom. The third kappa shape index (κ3) is 5.22. The minimum absolute atomic E-state index is 0.00392. The highest BCUT2D eigenvalue weighted by Gasteiger charge is 2.55. The molecule has 1 aliphatic rings. The topological polar surface area (TPSA) is 49.4 Å². The Bertz CT molecular complexity index is 1120. The zero-order valence-electron chi connectivity index (χ0n) is 20.6. The summed E-state index contributed by atoms with van der Waals surface area (Å²) in [4.78, 5) is 28.5. The number of amides is 2. The van der Waals surface area contributed by atoms with Gasteiger partial charge in [-0.15, -0.1) is 0 Å². The Morgan fingerprint density at radius 2 is 1.53 bits per heavy atom. The van der Waals surface area contributed by atoms with Gasteiger partial charge in [0.1, 0.15) is 0 Å². The van der Waals surface area contributed by atoms with Gasteiger partial charge in [-0.2, -0.15) is 26.3 Å². The highest BCUT2D eigenvalue weighted by molar-refractivity contribution is 6.07. The molecule has 1 fully saturated rings. The van der Waals surface area contributed by atoms with Crippen LogP contribution in [0, 0.1) is 31.1 Å². The summed E-state index contributed by atoms with van der Waals surface area (Å²) in [5.41, 5.74) is -2.79. The van der Waals surface area contributed by atoms with Crippen LogP contribution in [0.15, 0.2) is 36.4 Å². The van der Waals surface area contributed by atoms with Crippen LogP contribution in [0.5, 0.6) is 0 Å². The molecule has 0 radical (unpaired) electrons. The molecule has 1 N–H and O–H groups in total. The highest BCUT2D eigenvalue weighted by atomic mass is 19.4. The number of nitrogens with one attached hydrogen (secondary N) is 1. The first kappa shape index (κ1) is 27.5. The predicted octanol–water partition coefficient (Wildman–Crippen LogP) is 6.99. The molecule has 0 aliphatic carbocycles. The van der Waals surface area contributed by atoms with Crippen molar-refractivity contribution in [2.45, 2.75) is 53.4 Å². The van der Waals surface area contributed by atoms with E-state index in [2.05, 4.69) is 5.32 Å². The van der Waals surface area contributed by atoms with Crippen LogP contribution >= 0.6 is 0 Å². The number of carbonyl (C=O) groups is 2. The van der Waals surface area contributed by atoms with Crippen LogP contribution in [0.25, 0.3) is 0 Å². The molecule has 1 heterocycles. The van der Waals surface area contributed by atoms with Gasteiger partial charge in [0, 0.05) is 17.9 Å².